The summed E-state index contributed by atoms with van der Waals surface area (Å²) < 4.78 is 0. The molecule has 2 heterocycles. The third kappa shape index (κ3) is 3.42. The van der Waals surface area contributed by atoms with E-state index < -0.39 is 0 Å². The van der Waals surface area contributed by atoms with Gasteiger partial charge in [-0.1, -0.05) is 32.0 Å². The monoisotopic (exact) mass is 302 g/mol. The molecule has 2 N–H and O–H groups in total. The first-order valence-electron chi connectivity index (χ1n) is 8.23. The third-order valence-electron chi connectivity index (χ3n) is 4.68. The van der Waals surface area contributed by atoms with E-state index in [0.29, 0.717) is 12.3 Å². The number of carbonyl (C=O) groups excluding carboxylic acids is 1. The Balaban J connectivity index is 1.58. The number of piperazine rings is 1. The third-order valence-corrected chi connectivity index (χ3v) is 4.68. The van der Waals surface area contributed by atoms with Gasteiger partial charge >= 0.3 is 0 Å². The highest BCUT2D eigenvalue weighted by Gasteiger charge is 2.32. The lowest BCUT2D eigenvalue weighted by Crippen LogP contribution is -2.67. The van der Waals surface area contributed by atoms with Crippen molar-refractivity contribution in [2.45, 2.75) is 32.6 Å². The Labute approximate surface area is 132 Å². The Bertz CT molecular complexity index is 497. The quantitative estimate of drug-likeness (QED) is 0.881. The molecule has 1 aromatic rings. The molecule has 0 spiro atoms. The molecule has 2 fully saturated rings. The van der Waals surface area contributed by atoms with Crippen LogP contribution in [0.3, 0.4) is 0 Å². The topological polar surface area (TPSA) is 47.6 Å². The van der Waals surface area contributed by atoms with Crippen molar-refractivity contribution < 1.29 is 4.79 Å². The molecule has 22 heavy (non-hydrogen) atoms. The van der Waals surface area contributed by atoms with E-state index in [2.05, 4.69) is 58.5 Å². The van der Waals surface area contributed by atoms with Gasteiger partial charge in [0, 0.05) is 44.3 Å². The second-order valence-corrected chi connectivity index (χ2v) is 6.55. The van der Waals surface area contributed by atoms with Gasteiger partial charge in [-0.2, -0.15) is 0 Å². The number of rotatable bonds is 3. The summed E-state index contributed by atoms with van der Waals surface area (Å²) in [6.45, 7) is 8.23. The maximum Gasteiger partial charge on any atom is 0.223 e. The standard InChI is InChI=1S/C17H26N4O/c1-13(2)15-12-16(22)19-17(18-15)21-10-8-20(9-11-21)14-6-4-3-5-7-14/h3-7,13,15,17-18H,8-12H2,1-2H3,(H,19,22). The fourth-order valence-electron chi connectivity index (χ4n) is 3.22. The van der Waals surface area contributed by atoms with Gasteiger partial charge in [0.2, 0.25) is 5.91 Å². The van der Waals surface area contributed by atoms with E-state index in [-0.39, 0.29) is 18.2 Å². The summed E-state index contributed by atoms with van der Waals surface area (Å²) >= 11 is 0. The van der Waals surface area contributed by atoms with E-state index in [0.717, 1.165) is 26.2 Å². The summed E-state index contributed by atoms with van der Waals surface area (Å²) in [7, 11) is 0. The first-order chi connectivity index (χ1) is 10.6. The number of para-hydroxylation sites is 1. The van der Waals surface area contributed by atoms with Crippen LogP contribution in [0.4, 0.5) is 5.69 Å². The molecule has 0 aliphatic carbocycles. The normalized spacial score (nSPS) is 27.0. The molecule has 1 amide bonds. The van der Waals surface area contributed by atoms with Gasteiger partial charge in [0.25, 0.3) is 0 Å². The molecule has 2 aliphatic heterocycles. The van der Waals surface area contributed by atoms with Crippen LogP contribution >= 0.6 is 0 Å². The zero-order valence-electron chi connectivity index (χ0n) is 13.5. The lowest BCUT2D eigenvalue weighted by Gasteiger charge is -2.44. The number of anilines is 1. The smallest absolute Gasteiger partial charge is 0.223 e. The maximum atomic E-state index is 11.9. The van der Waals surface area contributed by atoms with Crippen LogP contribution in [0.5, 0.6) is 0 Å². The van der Waals surface area contributed by atoms with Gasteiger partial charge < -0.3 is 10.2 Å². The fourth-order valence-corrected chi connectivity index (χ4v) is 3.22. The number of hydrogen-bond acceptors (Lipinski definition) is 4. The van der Waals surface area contributed by atoms with E-state index in [1.54, 1.807) is 0 Å². The lowest BCUT2D eigenvalue weighted by atomic mass is 9.99. The van der Waals surface area contributed by atoms with Crippen LogP contribution in [0.15, 0.2) is 30.3 Å². The Morgan fingerprint density at radius 2 is 1.77 bits per heavy atom. The molecule has 0 bridgehead atoms. The average Bonchev–Trinajstić information content (AvgIpc) is 2.55. The van der Waals surface area contributed by atoms with Crippen molar-refractivity contribution in [2.75, 3.05) is 31.1 Å². The van der Waals surface area contributed by atoms with E-state index in [1.165, 1.54) is 5.69 Å². The van der Waals surface area contributed by atoms with Crippen molar-refractivity contribution in [2.24, 2.45) is 5.92 Å². The summed E-state index contributed by atoms with van der Waals surface area (Å²) in [6.07, 6.45) is 0.560. The zero-order chi connectivity index (χ0) is 15.5. The molecular weight excluding hydrogens is 276 g/mol. The molecule has 2 unspecified atom stereocenters. The van der Waals surface area contributed by atoms with E-state index in [1.807, 2.05) is 6.07 Å². The van der Waals surface area contributed by atoms with Crippen LogP contribution in [-0.4, -0.2) is 49.3 Å². The molecule has 5 nitrogen and oxygen atoms in total. The van der Waals surface area contributed by atoms with Crippen LogP contribution in [0, 0.1) is 5.92 Å². The van der Waals surface area contributed by atoms with Crippen LogP contribution in [0.1, 0.15) is 20.3 Å². The van der Waals surface area contributed by atoms with Gasteiger partial charge in [-0.15, -0.1) is 0 Å². The minimum Gasteiger partial charge on any atom is -0.369 e. The van der Waals surface area contributed by atoms with Crippen molar-refractivity contribution in [1.82, 2.24) is 15.5 Å². The predicted molar refractivity (Wildman–Crippen MR) is 88.5 cm³/mol. The minimum absolute atomic E-state index is 0.0217. The molecule has 120 valence electrons. The first kappa shape index (κ1) is 15.3. The van der Waals surface area contributed by atoms with Gasteiger partial charge in [0.15, 0.2) is 0 Å². The van der Waals surface area contributed by atoms with Crippen molar-refractivity contribution in [3.8, 4) is 0 Å². The minimum atomic E-state index is -0.0217. The van der Waals surface area contributed by atoms with Crippen molar-refractivity contribution in [3.63, 3.8) is 0 Å². The predicted octanol–water partition coefficient (Wildman–Crippen LogP) is 1.23. The van der Waals surface area contributed by atoms with Gasteiger partial charge in [-0.3, -0.25) is 15.0 Å². The van der Waals surface area contributed by atoms with Gasteiger partial charge in [0.05, 0.1) is 0 Å². The highest BCUT2D eigenvalue weighted by atomic mass is 16.2. The highest BCUT2D eigenvalue weighted by Crippen LogP contribution is 2.18. The van der Waals surface area contributed by atoms with Gasteiger partial charge in [-0.25, -0.2) is 0 Å². The molecular formula is C17H26N4O. The van der Waals surface area contributed by atoms with Crippen LogP contribution in [0.25, 0.3) is 0 Å². The maximum absolute atomic E-state index is 11.9. The Kier molecular flexibility index (Phi) is 4.64. The summed E-state index contributed by atoms with van der Waals surface area (Å²) in [4.78, 5) is 16.7. The van der Waals surface area contributed by atoms with Crippen LogP contribution in [0.2, 0.25) is 0 Å². The summed E-state index contributed by atoms with van der Waals surface area (Å²) in [5.74, 6) is 0.632. The molecule has 0 radical (unpaired) electrons. The highest BCUT2D eigenvalue weighted by molar-refractivity contribution is 5.77. The molecule has 1 aromatic carbocycles. The molecule has 2 saturated heterocycles. The lowest BCUT2D eigenvalue weighted by molar-refractivity contribution is -0.127. The second kappa shape index (κ2) is 6.67. The first-order valence-corrected chi connectivity index (χ1v) is 8.23. The number of carbonyl (C=O) groups is 1. The summed E-state index contributed by atoms with van der Waals surface area (Å²) in [5.41, 5.74) is 1.28. The number of hydrogen-bond donors (Lipinski definition) is 2. The van der Waals surface area contributed by atoms with Crippen molar-refractivity contribution in [1.29, 1.82) is 0 Å². The number of nitrogens with one attached hydrogen (secondary N) is 2. The molecule has 0 aromatic heterocycles. The summed E-state index contributed by atoms with van der Waals surface area (Å²) in [5, 5.41) is 6.67. The Hall–Kier alpha value is -1.59. The number of amides is 1. The Morgan fingerprint density at radius 3 is 2.41 bits per heavy atom. The SMILES string of the molecule is CC(C)C1CC(=O)NC(N2CCN(c3ccccc3)CC2)N1. The number of nitrogens with zero attached hydrogens (tertiary/aromatic N) is 2. The van der Waals surface area contributed by atoms with Crippen LogP contribution in [-0.2, 0) is 4.79 Å². The van der Waals surface area contributed by atoms with E-state index in [9.17, 15) is 4.79 Å². The Morgan fingerprint density at radius 1 is 1.09 bits per heavy atom. The molecule has 2 aliphatic rings. The van der Waals surface area contributed by atoms with Gasteiger partial charge in [-0.05, 0) is 18.1 Å². The van der Waals surface area contributed by atoms with Gasteiger partial charge in [0.1, 0.15) is 6.29 Å². The average molecular weight is 302 g/mol. The fraction of sp³-hybridized carbons (Fsp3) is 0.588. The summed E-state index contributed by atoms with van der Waals surface area (Å²) in [6, 6.07) is 10.8. The van der Waals surface area contributed by atoms with E-state index >= 15 is 0 Å². The molecule has 3 rings (SSSR count). The molecule has 0 saturated carbocycles. The second-order valence-electron chi connectivity index (χ2n) is 6.55. The van der Waals surface area contributed by atoms with Crippen molar-refractivity contribution >= 4 is 11.6 Å². The van der Waals surface area contributed by atoms with E-state index in [4.69, 9.17) is 0 Å². The number of benzene rings is 1. The van der Waals surface area contributed by atoms with Crippen molar-refractivity contribution in [3.05, 3.63) is 30.3 Å². The molecule has 5 heteroatoms. The largest absolute Gasteiger partial charge is 0.369 e. The molecule has 2 atom stereocenters. The van der Waals surface area contributed by atoms with Crippen LogP contribution < -0.4 is 15.5 Å². The zero-order valence-corrected chi connectivity index (χ0v) is 13.5.